The maximum absolute atomic E-state index is 11.9. The van der Waals surface area contributed by atoms with E-state index in [9.17, 15) is 4.79 Å². The number of rotatable bonds is 4. The number of benzene rings is 1. The predicted octanol–water partition coefficient (Wildman–Crippen LogP) is 3.31. The third-order valence-electron chi connectivity index (χ3n) is 2.21. The Balaban J connectivity index is 2.90. The molecule has 18 heavy (non-hydrogen) atoms. The van der Waals surface area contributed by atoms with Crippen LogP contribution in [0.2, 0.25) is 5.02 Å². The van der Waals surface area contributed by atoms with Crippen LogP contribution in [0, 0.1) is 5.41 Å². The summed E-state index contributed by atoms with van der Waals surface area (Å²) in [5.74, 6) is 0.397. The van der Waals surface area contributed by atoms with Crippen LogP contribution in [0.25, 0.3) is 0 Å². The highest BCUT2D eigenvalue weighted by atomic mass is 35.5. The van der Waals surface area contributed by atoms with E-state index in [0.29, 0.717) is 16.5 Å². The highest BCUT2D eigenvalue weighted by Crippen LogP contribution is 2.29. The van der Waals surface area contributed by atoms with Crippen LogP contribution in [-0.4, -0.2) is 19.8 Å². The van der Waals surface area contributed by atoms with Gasteiger partial charge in [-0.05, 0) is 12.1 Å². The SMILES string of the molecule is COCOc1cc(Cl)ccc1NC(=O)C(C)(C)C. The Bertz CT molecular complexity index is 427. The molecule has 0 aromatic heterocycles. The van der Waals surface area contributed by atoms with Gasteiger partial charge in [0.1, 0.15) is 5.75 Å². The Hall–Kier alpha value is -1.26. The first-order chi connectivity index (χ1) is 8.34. The molecule has 0 spiro atoms. The highest BCUT2D eigenvalue weighted by Gasteiger charge is 2.22. The molecule has 0 heterocycles. The van der Waals surface area contributed by atoms with E-state index in [1.165, 1.54) is 7.11 Å². The number of carbonyl (C=O) groups is 1. The average molecular weight is 272 g/mol. The van der Waals surface area contributed by atoms with Crippen LogP contribution in [-0.2, 0) is 9.53 Å². The van der Waals surface area contributed by atoms with Gasteiger partial charge in [0.25, 0.3) is 0 Å². The maximum Gasteiger partial charge on any atom is 0.229 e. The normalized spacial score (nSPS) is 11.2. The van der Waals surface area contributed by atoms with Crippen molar-refractivity contribution in [2.75, 3.05) is 19.2 Å². The van der Waals surface area contributed by atoms with Gasteiger partial charge in [0.2, 0.25) is 5.91 Å². The molecular formula is C13H18ClNO3. The van der Waals surface area contributed by atoms with Gasteiger partial charge < -0.3 is 14.8 Å². The monoisotopic (exact) mass is 271 g/mol. The summed E-state index contributed by atoms with van der Waals surface area (Å²) in [5.41, 5.74) is 0.106. The quantitative estimate of drug-likeness (QED) is 0.855. The lowest BCUT2D eigenvalue weighted by Gasteiger charge is -2.19. The minimum absolute atomic E-state index is 0.0907. The first-order valence-corrected chi connectivity index (χ1v) is 5.95. The summed E-state index contributed by atoms with van der Waals surface area (Å²) < 4.78 is 10.2. The predicted molar refractivity (Wildman–Crippen MR) is 72.0 cm³/mol. The Morgan fingerprint density at radius 2 is 2.06 bits per heavy atom. The number of ether oxygens (including phenoxy) is 2. The van der Waals surface area contributed by atoms with Gasteiger partial charge in [-0.15, -0.1) is 0 Å². The molecule has 0 saturated carbocycles. The Labute approximate surface area is 112 Å². The van der Waals surface area contributed by atoms with Crippen LogP contribution in [0.1, 0.15) is 20.8 Å². The molecule has 0 aliphatic heterocycles. The lowest BCUT2D eigenvalue weighted by molar-refractivity contribution is -0.123. The van der Waals surface area contributed by atoms with E-state index >= 15 is 0 Å². The second-order valence-corrected chi connectivity index (χ2v) is 5.33. The van der Waals surface area contributed by atoms with E-state index < -0.39 is 5.41 Å². The maximum atomic E-state index is 11.9. The van der Waals surface area contributed by atoms with Gasteiger partial charge in [-0.25, -0.2) is 0 Å². The van der Waals surface area contributed by atoms with Crippen molar-refractivity contribution in [2.45, 2.75) is 20.8 Å². The molecule has 0 radical (unpaired) electrons. The van der Waals surface area contributed by atoms with Gasteiger partial charge in [0.05, 0.1) is 5.69 Å². The molecule has 0 saturated heterocycles. The molecule has 1 N–H and O–H groups in total. The molecule has 0 aliphatic rings. The lowest BCUT2D eigenvalue weighted by Crippen LogP contribution is -2.27. The van der Waals surface area contributed by atoms with Gasteiger partial charge in [0.15, 0.2) is 6.79 Å². The summed E-state index contributed by atoms with van der Waals surface area (Å²) in [6, 6.07) is 5.04. The number of amides is 1. The van der Waals surface area contributed by atoms with E-state index in [2.05, 4.69) is 5.32 Å². The van der Waals surface area contributed by atoms with Crippen LogP contribution in [0.4, 0.5) is 5.69 Å². The van der Waals surface area contributed by atoms with Crippen LogP contribution in [0.5, 0.6) is 5.75 Å². The third kappa shape index (κ3) is 4.20. The summed E-state index contributed by atoms with van der Waals surface area (Å²) >= 11 is 5.89. The molecule has 1 aromatic carbocycles. The minimum atomic E-state index is -0.474. The number of hydrogen-bond acceptors (Lipinski definition) is 3. The number of methoxy groups -OCH3 is 1. The van der Waals surface area contributed by atoms with E-state index in [0.717, 1.165) is 0 Å². The molecule has 0 aliphatic carbocycles. The van der Waals surface area contributed by atoms with Crippen LogP contribution < -0.4 is 10.1 Å². The van der Waals surface area contributed by atoms with Crippen molar-refractivity contribution in [3.05, 3.63) is 23.2 Å². The zero-order chi connectivity index (χ0) is 13.8. The van der Waals surface area contributed by atoms with Gasteiger partial charge >= 0.3 is 0 Å². The second-order valence-electron chi connectivity index (χ2n) is 4.90. The zero-order valence-corrected chi connectivity index (χ0v) is 11.8. The standard InChI is InChI=1S/C13H18ClNO3/c1-13(2,3)12(16)15-10-6-5-9(14)7-11(10)18-8-17-4/h5-7H,8H2,1-4H3,(H,15,16). The number of halogens is 1. The number of anilines is 1. The molecule has 1 amide bonds. The van der Waals surface area contributed by atoms with Gasteiger partial charge in [-0.3, -0.25) is 4.79 Å². The van der Waals surface area contributed by atoms with Crippen molar-refractivity contribution < 1.29 is 14.3 Å². The summed E-state index contributed by atoms with van der Waals surface area (Å²) in [4.78, 5) is 11.9. The summed E-state index contributed by atoms with van der Waals surface area (Å²) in [6.07, 6.45) is 0. The average Bonchev–Trinajstić information content (AvgIpc) is 2.28. The fourth-order valence-electron chi connectivity index (χ4n) is 1.15. The van der Waals surface area contributed by atoms with E-state index in [1.807, 2.05) is 20.8 Å². The minimum Gasteiger partial charge on any atom is -0.465 e. The zero-order valence-electron chi connectivity index (χ0n) is 11.0. The number of nitrogens with one attached hydrogen (secondary N) is 1. The fraction of sp³-hybridized carbons (Fsp3) is 0.462. The summed E-state index contributed by atoms with van der Waals surface area (Å²) in [6.45, 7) is 5.62. The van der Waals surface area contributed by atoms with Crippen molar-refractivity contribution in [2.24, 2.45) is 5.41 Å². The Morgan fingerprint density at radius 1 is 1.39 bits per heavy atom. The molecule has 1 aromatic rings. The Morgan fingerprint density at radius 3 is 2.61 bits per heavy atom. The Kier molecular flexibility index (Phi) is 4.99. The molecule has 4 nitrogen and oxygen atoms in total. The molecule has 0 unspecified atom stereocenters. The molecule has 100 valence electrons. The van der Waals surface area contributed by atoms with Crippen LogP contribution in [0.3, 0.4) is 0 Å². The first kappa shape index (κ1) is 14.8. The summed E-state index contributed by atoms with van der Waals surface area (Å²) in [5, 5.41) is 3.35. The number of carbonyl (C=O) groups excluding carboxylic acids is 1. The molecular weight excluding hydrogens is 254 g/mol. The van der Waals surface area contributed by atoms with Crippen molar-refractivity contribution >= 4 is 23.2 Å². The van der Waals surface area contributed by atoms with Gasteiger partial charge in [0, 0.05) is 23.6 Å². The van der Waals surface area contributed by atoms with Crippen molar-refractivity contribution in [3.63, 3.8) is 0 Å². The lowest BCUT2D eigenvalue weighted by atomic mass is 9.95. The smallest absolute Gasteiger partial charge is 0.229 e. The van der Waals surface area contributed by atoms with E-state index in [-0.39, 0.29) is 12.7 Å². The largest absolute Gasteiger partial charge is 0.465 e. The summed E-state index contributed by atoms with van der Waals surface area (Å²) in [7, 11) is 1.53. The molecule has 1 rings (SSSR count). The second kappa shape index (κ2) is 6.07. The molecule has 5 heteroatoms. The van der Waals surface area contributed by atoms with Crippen molar-refractivity contribution in [1.29, 1.82) is 0 Å². The fourth-order valence-corrected chi connectivity index (χ4v) is 1.31. The van der Waals surface area contributed by atoms with Gasteiger partial charge in [-0.1, -0.05) is 32.4 Å². The van der Waals surface area contributed by atoms with E-state index in [4.69, 9.17) is 21.1 Å². The molecule has 0 fully saturated rings. The highest BCUT2D eigenvalue weighted by molar-refractivity contribution is 6.30. The van der Waals surface area contributed by atoms with Crippen molar-refractivity contribution in [3.8, 4) is 5.75 Å². The number of hydrogen-bond donors (Lipinski definition) is 1. The molecule has 0 atom stereocenters. The molecule has 0 bridgehead atoms. The van der Waals surface area contributed by atoms with Crippen molar-refractivity contribution in [1.82, 2.24) is 0 Å². The van der Waals surface area contributed by atoms with Crippen LogP contribution in [0.15, 0.2) is 18.2 Å². The van der Waals surface area contributed by atoms with Crippen LogP contribution >= 0.6 is 11.6 Å². The first-order valence-electron chi connectivity index (χ1n) is 5.57. The topological polar surface area (TPSA) is 47.6 Å². The van der Waals surface area contributed by atoms with Gasteiger partial charge in [-0.2, -0.15) is 0 Å². The van der Waals surface area contributed by atoms with E-state index in [1.54, 1.807) is 18.2 Å². The third-order valence-corrected chi connectivity index (χ3v) is 2.44.